The van der Waals surface area contributed by atoms with E-state index in [-0.39, 0.29) is 13.1 Å². The highest BCUT2D eigenvalue weighted by Gasteiger charge is 2.29. The molecule has 10 heteroatoms. The summed E-state index contributed by atoms with van der Waals surface area (Å²) in [5.41, 5.74) is 1.61. The number of hydrogen-bond donors (Lipinski definition) is 2. The predicted molar refractivity (Wildman–Crippen MR) is 153 cm³/mol. The highest BCUT2D eigenvalue weighted by Crippen LogP contribution is 2.22. The molecule has 0 aliphatic rings. The van der Waals surface area contributed by atoms with Gasteiger partial charge < -0.3 is 9.47 Å². The lowest BCUT2D eigenvalue weighted by molar-refractivity contribution is 0.284. The maximum Gasteiger partial charge on any atom is 0.216 e. The van der Waals surface area contributed by atoms with Crippen LogP contribution in [0, 0.1) is 0 Å². The van der Waals surface area contributed by atoms with Crippen molar-refractivity contribution >= 4 is 20.0 Å². The number of nitrogens with one attached hydrogen (secondary N) is 2. The van der Waals surface area contributed by atoms with Crippen LogP contribution in [-0.2, 0) is 33.1 Å². The van der Waals surface area contributed by atoms with Gasteiger partial charge in [-0.05, 0) is 79.4 Å². The van der Waals surface area contributed by atoms with Gasteiger partial charge in [-0.2, -0.15) is 0 Å². The molecule has 2 aromatic carbocycles. The zero-order chi connectivity index (χ0) is 28.5. The first-order valence-corrected chi connectivity index (χ1v) is 16.0. The van der Waals surface area contributed by atoms with E-state index in [4.69, 9.17) is 9.47 Å². The second kappa shape index (κ2) is 13.8. The molecule has 0 aliphatic heterocycles. The highest BCUT2D eigenvalue weighted by atomic mass is 32.2. The monoisotopic (exact) mass is 568 g/mol. The molecule has 0 aromatic heterocycles. The molecule has 0 saturated carbocycles. The lowest BCUT2D eigenvalue weighted by atomic mass is 10.2. The molecule has 0 radical (unpaired) electrons. The van der Waals surface area contributed by atoms with Crippen molar-refractivity contribution in [1.29, 1.82) is 0 Å². The molecule has 0 aliphatic carbocycles. The van der Waals surface area contributed by atoms with Gasteiger partial charge in [0.25, 0.3) is 0 Å². The minimum atomic E-state index is -3.44. The van der Waals surface area contributed by atoms with E-state index in [2.05, 4.69) is 9.44 Å². The van der Waals surface area contributed by atoms with E-state index in [9.17, 15) is 16.8 Å². The molecule has 8 nitrogen and oxygen atoms in total. The van der Waals surface area contributed by atoms with Crippen molar-refractivity contribution in [3.05, 3.63) is 59.7 Å². The second-order valence-electron chi connectivity index (χ2n) is 11.2. The van der Waals surface area contributed by atoms with Crippen molar-refractivity contribution in [2.45, 2.75) is 89.8 Å². The van der Waals surface area contributed by atoms with Gasteiger partial charge >= 0.3 is 0 Å². The molecule has 0 unspecified atom stereocenters. The third-order valence-electron chi connectivity index (χ3n) is 6.02. The normalized spacial score (nSPS) is 12.9. The first-order valence-electron chi connectivity index (χ1n) is 13.0. The van der Waals surface area contributed by atoms with E-state index >= 15 is 0 Å². The molecule has 0 fully saturated rings. The lowest BCUT2D eigenvalue weighted by Crippen LogP contribution is -2.39. The topological polar surface area (TPSA) is 111 Å². The molecule has 0 bridgehead atoms. The van der Waals surface area contributed by atoms with Crippen LogP contribution in [0.5, 0.6) is 11.5 Å². The van der Waals surface area contributed by atoms with Gasteiger partial charge in [0, 0.05) is 24.2 Å². The smallest absolute Gasteiger partial charge is 0.216 e. The molecule has 0 saturated heterocycles. The zero-order valence-corrected chi connectivity index (χ0v) is 25.2. The molecule has 214 valence electrons. The maximum absolute atomic E-state index is 12.4. The Morgan fingerprint density at radius 2 is 0.921 bits per heavy atom. The maximum atomic E-state index is 12.4. The quantitative estimate of drug-likeness (QED) is 0.288. The number of rotatable bonds is 15. The number of benzene rings is 2. The van der Waals surface area contributed by atoms with E-state index < -0.39 is 29.5 Å². The largest absolute Gasteiger partial charge is 0.493 e. The Kier molecular flexibility index (Phi) is 11.6. The van der Waals surface area contributed by atoms with E-state index in [1.165, 1.54) is 0 Å². The third kappa shape index (κ3) is 9.87. The number of ether oxygens (including phenoxy) is 2. The van der Waals surface area contributed by atoms with Crippen molar-refractivity contribution in [2.75, 3.05) is 13.2 Å². The summed E-state index contributed by atoms with van der Waals surface area (Å²) in [5.74, 6) is 1.37. The molecule has 2 N–H and O–H groups in total. The van der Waals surface area contributed by atoms with Crippen LogP contribution >= 0.6 is 0 Å². The van der Waals surface area contributed by atoms with Gasteiger partial charge in [-0.15, -0.1) is 0 Å². The molecule has 0 heterocycles. The Bertz CT molecular complexity index is 1130. The van der Waals surface area contributed by atoms with Gasteiger partial charge in [0.05, 0.1) is 22.7 Å². The predicted octanol–water partition coefficient (Wildman–Crippen LogP) is 5.14. The number of para-hydroxylation sites is 2. The summed E-state index contributed by atoms with van der Waals surface area (Å²) >= 11 is 0. The van der Waals surface area contributed by atoms with Gasteiger partial charge in [-0.25, -0.2) is 26.3 Å². The summed E-state index contributed by atoms with van der Waals surface area (Å²) in [5, 5.41) is 0. The summed E-state index contributed by atoms with van der Waals surface area (Å²) in [4.78, 5) is 0. The average Bonchev–Trinajstić information content (AvgIpc) is 2.83. The second-order valence-corrected chi connectivity index (χ2v) is 16.2. The average molecular weight is 569 g/mol. The highest BCUT2D eigenvalue weighted by molar-refractivity contribution is 7.91. The Morgan fingerprint density at radius 3 is 1.26 bits per heavy atom. The molecule has 0 spiro atoms. The molecular formula is C28H44N2O6S2. The fraction of sp³-hybridized carbons (Fsp3) is 0.571. The van der Waals surface area contributed by atoms with Crippen LogP contribution in [0.15, 0.2) is 48.5 Å². The Hall–Kier alpha value is -2.14. The van der Waals surface area contributed by atoms with Crippen molar-refractivity contribution in [1.82, 2.24) is 9.44 Å². The number of hydrogen-bond acceptors (Lipinski definition) is 6. The molecular weight excluding hydrogens is 524 g/mol. The lowest BCUT2D eigenvalue weighted by Gasteiger charge is -2.20. The minimum absolute atomic E-state index is 0.187. The van der Waals surface area contributed by atoms with E-state index in [1.807, 2.05) is 48.5 Å². The van der Waals surface area contributed by atoms with Crippen LogP contribution in [0.25, 0.3) is 0 Å². The van der Waals surface area contributed by atoms with E-state index in [1.54, 1.807) is 41.5 Å². The van der Waals surface area contributed by atoms with Gasteiger partial charge in [0.1, 0.15) is 11.5 Å². The number of unbranched alkanes of at least 4 members (excludes halogenated alkanes) is 3. The Balaban J connectivity index is 1.72. The number of sulfonamides is 2. The fourth-order valence-electron chi connectivity index (χ4n) is 3.28. The third-order valence-corrected chi connectivity index (χ3v) is 10.3. The van der Waals surface area contributed by atoms with Crippen LogP contribution in [0.3, 0.4) is 0 Å². The minimum Gasteiger partial charge on any atom is -0.493 e. The van der Waals surface area contributed by atoms with Crippen molar-refractivity contribution < 1.29 is 26.3 Å². The SMILES string of the molecule is CC(C)(C)S(=O)(=O)NCc1ccccc1OCCCCCCOc1ccccc1CNS(=O)(=O)C(C)(C)C. The molecule has 0 atom stereocenters. The Morgan fingerprint density at radius 1 is 0.579 bits per heavy atom. The summed E-state index contributed by atoms with van der Waals surface area (Å²) in [6.45, 7) is 11.5. The molecule has 38 heavy (non-hydrogen) atoms. The summed E-state index contributed by atoms with van der Waals surface area (Å²) < 4.78 is 64.8. The van der Waals surface area contributed by atoms with Crippen LogP contribution in [-0.4, -0.2) is 39.5 Å². The summed E-state index contributed by atoms with van der Waals surface area (Å²) in [7, 11) is -6.87. The van der Waals surface area contributed by atoms with E-state index in [0.29, 0.717) is 24.7 Å². The van der Waals surface area contributed by atoms with Crippen molar-refractivity contribution in [3.8, 4) is 11.5 Å². The zero-order valence-electron chi connectivity index (χ0n) is 23.5. The van der Waals surface area contributed by atoms with Crippen LogP contribution in [0.4, 0.5) is 0 Å². The Labute approximate surface area is 229 Å². The fourth-order valence-corrected chi connectivity index (χ4v) is 4.84. The summed E-state index contributed by atoms with van der Waals surface area (Å²) in [6.07, 6.45) is 3.67. The standard InChI is InChI=1S/C28H44N2O6S2/c1-27(2,3)37(31,32)29-21-23-15-9-11-17-25(23)35-19-13-7-8-14-20-36-26-18-12-10-16-24(26)22-30-38(33,34)28(4,5)6/h9-12,15-18,29-30H,7-8,13-14,19-22H2,1-6H3. The van der Waals surface area contributed by atoms with Crippen molar-refractivity contribution in [2.24, 2.45) is 0 Å². The van der Waals surface area contributed by atoms with Crippen LogP contribution < -0.4 is 18.9 Å². The molecule has 2 aromatic rings. The van der Waals surface area contributed by atoms with Gasteiger partial charge in [-0.1, -0.05) is 36.4 Å². The summed E-state index contributed by atoms with van der Waals surface area (Å²) in [6, 6.07) is 14.9. The first kappa shape index (κ1) is 32.1. The van der Waals surface area contributed by atoms with Crippen LogP contribution in [0.2, 0.25) is 0 Å². The molecule has 2 rings (SSSR count). The van der Waals surface area contributed by atoms with Crippen LogP contribution in [0.1, 0.15) is 78.4 Å². The van der Waals surface area contributed by atoms with Crippen molar-refractivity contribution in [3.63, 3.8) is 0 Å². The first-order chi connectivity index (χ1) is 17.6. The van der Waals surface area contributed by atoms with Gasteiger partial charge in [0.15, 0.2) is 0 Å². The van der Waals surface area contributed by atoms with Gasteiger partial charge in [-0.3, -0.25) is 0 Å². The molecule has 0 amide bonds. The van der Waals surface area contributed by atoms with E-state index in [0.717, 1.165) is 36.8 Å². The van der Waals surface area contributed by atoms with Gasteiger partial charge in [0.2, 0.25) is 20.0 Å².